The molecule has 0 bridgehead atoms. The minimum Gasteiger partial charge on any atom is -0.355 e. The van der Waals surface area contributed by atoms with Crippen LogP contribution in [0.25, 0.3) is 0 Å². The van der Waals surface area contributed by atoms with E-state index >= 15 is 0 Å². The number of rotatable bonds is 7. The van der Waals surface area contributed by atoms with E-state index in [1.165, 1.54) is 24.0 Å². The van der Waals surface area contributed by atoms with E-state index in [2.05, 4.69) is 29.6 Å². The fourth-order valence-electron chi connectivity index (χ4n) is 2.98. The summed E-state index contributed by atoms with van der Waals surface area (Å²) in [6.45, 7) is 0.583. The molecule has 1 aliphatic carbocycles. The van der Waals surface area contributed by atoms with E-state index in [0.717, 1.165) is 0 Å². The van der Waals surface area contributed by atoms with E-state index in [0.29, 0.717) is 18.9 Å². The van der Waals surface area contributed by atoms with Gasteiger partial charge in [-0.05, 0) is 29.9 Å². The zero-order chi connectivity index (χ0) is 16.1. The van der Waals surface area contributed by atoms with Gasteiger partial charge in [0.25, 0.3) is 0 Å². The van der Waals surface area contributed by atoms with E-state index in [4.69, 9.17) is 5.73 Å². The predicted octanol–water partition coefficient (Wildman–Crippen LogP) is 3.06. The van der Waals surface area contributed by atoms with Gasteiger partial charge in [-0.1, -0.05) is 60.7 Å². The Bertz CT molecular complexity index is 583. The number of carbonyl (C=O) groups is 1. The Hall–Kier alpha value is -2.13. The highest BCUT2D eigenvalue weighted by Gasteiger charge is 2.28. The lowest BCUT2D eigenvalue weighted by atomic mass is 9.88. The van der Waals surface area contributed by atoms with Gasteiger partial charge < -0.3 is 11.1 Å². The molecule has 0 aliphatic heterocycles. The summed E-state index contributed by atoms with van der Waals surface area (Å²) in [5.74, 6) is 0.752. The Kier molecular flexibility index (Phi) is 5.09. The van der Waals surface area contributed by atoms with Gasteiger partial charge in [-0.2, -0.15) is 0 Å². The van der Waals surface area contributed by atoms with Crippen molar-refractivity contribution in [2.45, 2.75) is 31.2 Å². The molecule has 2 aromatic carbocycles. The molecule has 3 N–H and O–H groups in total. The van der Waals surface area contributed by atoms with Crippen LogP contribution in [-0.2, 0) is 4.79 Å². The molecule has 3 heteroatoms. The number of nitrogens with one attached hydrogen (secondary N) is 1. The topological polar surface area (TPSA) is 55.1 Å². The SMILES string of the molecule is NC(CNC(=O)CC(c1ccccc1)c1ccccc1)C1CC1. The summed E-state index contributed by atoms with van der Waals surface area (Å²) in [5, 5.41) is 3.01. The number of nitrogens with two attached hydrogens (primary N) is 1. The lowest BCUT2D eigenvalue weighted by molar-refractivity contribution is -0.121. The van der Waals surface area contributed by atoms with Crippen LogP contribution in [0.2, 0.25) is 0 Å². The zero-order valence-electron chi connectivity index (χ0n) is 13.3. The average molecular weight is 308 g/mol. The van der Waals surface area contributed by atoms with E-state index in [1.807, 2.05) is 36.4 Å². The maximum absolute atomic E-state index is 12.4. The Morgan fingerprint density at radius 1 is 1.00 bits per heavy atom. The highest BCUT2D eigenvalue weighted by Crippen LogP contribution is 2.31. The number of hydrogen-bond donors (Lipinski definition) is 2. The molecule has 3 rings (SSSR count). The maximum Gasteiger partial charge on any atom is 0.221 e. The third kappa shape index (κ3) is 4.42. The molecule has 2 aromatic rings. The first-order valence-corrected chi connectivity index (χ1v) is 8.36. The molecule has 0 saturated heterocycles. The molecule has 0 spiro atoms. The van der Waals surface area contributed by atoms with Crippen LogP contribution in [0.3, 0.4) is 0 Å². The van der Waals surface area contributed by atoms with Crippen LogP contribution in [0.4, 0.5) is 0 Å². The molecular formula is C20H24N2O. The normalized spacial score (nSPS) is 15.4. The second-order valence-corrected chi connectivity index (χ2v) is 6.38. The Balaban J connectivity index is 1.67. The number of hydrogen-bond acceptors (Lipinski definition) is 2. The van der Waals surface area contributed by atoms with Crippen molar-refractivity contribution in [2.75, 3.05) is 6.54 Å². The quantitative estimate of drug-likeness (QED) is 0.826. The van der Waals surface area contributed by atoms with Crippen molar-refractivity contribution in [3.05, 3.63) is 71.8 Å². The minimum absolute atomic E-state index is 0.0683. The van der Waals surface area contributed by atoms with Crippen molar-refractivity contribution < 1.29 is 4.79 Å². The summed E-state index contributed by atoms with van der Waals surface area (Å²) < 4.78 is 0. The first kappa shape index (κ1) is 15.8. The van der Waals surface area contributed by atoms with Gasteiger partial charge in [-0.15, -0.1) is 0 Å². The summed E-state index contributed by atoms with van der Waals surface area (Å²) in [6.07, 6.45) is 2.85. The maximum atomic E-state index is 12.4. The van der Waals surface area contributed by atoms with Crippen molar-refractivity contribution in [3.63, 3.8) is 0 Å². The third-order valence-corrected chi connectivity index (χ3v) is 4.56. The fourth-order valence-corrected chi connectivity index (χ4v) is 2.98. The lowest BCUT2D eigenvalue weighted by Gasteiger charge is -2.19. The zero-order valence-corrected chi connectivity index (χ0v) is 13.3. The molecular weight excluding hydrogens is 284 g/mol. The van der Waals surface area contributed by atoms with E-state index in [9.17, 15) is 4.79 Å². The molecule has 0 aromatic heterocycles. The monoisotopic (exact) mass is 308 g/mol. The number of amides is 1. The van der Waals surface area contributed by atoms with Crippen LogP contribution in [-0.4, -0.2) is 18.5 Å². The van der Waals surface area contributed by atoms with E-state index in [1.54, 1.807) is 0 Å². The highest BCUT2D eigenvalue weighted by molar-refractivity contribution is 5.77. The van der Waals surface area contributed by atoms with Gasteiger partial charge in [-0.3, -0.25) is 4.79 Å². The first-order chi connectivity index (χ1) is 11.2. The molecule has 1 unspecified atom stereocenters. The molecule has 23 heavy (non-hydrogen) atoms. The van der Waals surface area contributed by atoms with Crippen molar-refractivity contribution in [3.8, 4) is 0 Å². The number of benzene rings is 2. The van der Waals surface area contributed by atoms with Crippen LogP contribution in [0.1, 0.15) is 36.3 Å². The smallest absolute Gasteiger partial charge is 0.221 e. The van der Waals surface area contributed by atoms with Gasteiger partial charge in [0, 0.05) is 24.9 Å². The molecule has 120 valence electrons. The van der Waals surface area contributed by atoms with Crippen LogP contribution < -0.4 is 11.1 Å². The summed E-state index contributed by atoms with van der Waals surface area (Å²) in [7, 11) is 0. The summed E-state index contributed by atoms with van der Waals surface area (Å²) >= 11 is 0. The van der Waals surface area contributed by atoms with Gasteiger partial charge in [0.2, 0.25) is 5.91 Å². The van der Waals surface area contributed by atoms with Gasteiger partial charge in [0.05, 0.1) is 0 Å². The molecule has 0 heterocycles. The predicted molar refractivity (Wildman–Crippen MR) is 93.1 cm³/mol. The highest BCUT2D eigenvalue weighted by atomic mass is 16.1. The van der Waals surface area contributed by atoms with Gasteiger partial charge in [0.1, 0.15) is 0 Å². The van der Waals surface area contributed by atoms with Crippen LogP contribution in [0.5, 0.6) is 0 Å². The largest absolute Gasteiger partial charge is 0.355 e. The van der Waals surface area contributed by atoms with Gasteiger partial charge in [0.15, 0.2) is 0 Å². The van der Waals surface area contributed by atoms with Crippen molar-refractivity contribution >= 4 is 5.91 Å². The molecule has 1 saturated carbocycles. The molecule has 1 atom stereocenters. The molecule has 3 nitrogen and oxygen atoms in total. The average Bonchev–Trinajstić information content (AvgIpc) is 3.44. The van der Waals surface area contributed by atoms with Gasteiger partial charge >= 0.3 is 0 Å². The lowest BCUT2D eigenvalue weighted by Crippen LogP contribution is -2.39. The van der Waals surface area contributed by atoms with Gasteiger partial charge in [-0.25, -0.2) is 0 Å². The fraction of sp³-hybridized carbons (Fsp3) is 0.350. The Morgan fingerprint density at radius 3 is 2.00 bits per heavy atom. The summed E-state index contributed by atoms with van der Waals surface area (Å²) in [4.78, 5) is 12.4. The Labute approximate surface area is 137 Å². The van der Waals surface area contributed by atoms with Crippen LogP contribution in [0, 0.1) is 5.92 Å². The second kappa shape index (κ2) is 7.42. The third-order valence-electron chi connectivity index (χ3n) is 4.56. The standard InChI is InChI=1S/C20H24N2O/c21-19(17-11-12-17)14-22-20(23)13-18(15-7-3-1-4-8-15)16-9-5-2-6-10-16/h1-10,17-19H,11-14,21H2,(H,22,23). The van der Waals surface area contributed by atoms with Crippen molar-refractivity contribution in [1.82, 2.24) is 5.32 Å². The van der Waals surface area contributed by atoms with Crippen LogP contribution >= 0.6 is 0 Å². The molecule has 1 aliphatic rings. The van der Waals surface area contributed by atoms with Crippen molar-refractivity contribution in [2.24, 2.45) is 11.7 Å². The van der Waals surface area contributed by atoms with E-state index < -0.39 is 0 Å². The second-order valence-electron chi connectivity index (χ2n) is 6.38. The Morgan fingerprint density at radius 2 is 1.52 bits per heavy atom. The molecule has 1 amide bonds. The minimum atomic E-state index is 0.0683. The summed E-state index contributed by atoms with van der Waals surface area (Å²) in [6, 6.07) is 20.5. The summed E-state index contributed by atoms with van der Waals surface area (Å²) in [5.41, 5.74) is 8.40. The molecule has 0 radical (unpaired) electrons. The van der Waals surface area contributed by atoms with Crippen molar-refractivity contribution in [1.29, 1.82) is 0 Å². The van der Waals surface area contributed by atoms with E-state index in [-0.39, 0.29) is 17.9 Å². The number of carbonyl (C=O) groups excluding carboxylic acids is 1. The van der Waals surface area contributed by atoms with Crippen LogP contribution in [0.15, 0.2) is 60.7 Å². The molecule has 1 fully saturated rings. The first-order valence-electron chi connectivity index (χ1n) is 8.36.